The fraction of sp³-hybridized carbons (Fsp3) is 0.263. The Bertz CT molecular complexity index is 934. The summed E-state index contributed by atoms with van der Waals surface area (Å²) in [5.74, 6) is -0.584. The van der Waals surface area contributed by atoms with Crippen LogP contribution in [0.25, 0.3) is 11.3 Å². The number of ether oxygens (including phenoxy) is 2. The minimum Gasteiger partial charge on any atom is -0.494 e. The van der Waals surface area contributed by atoms with E-state index in [0.29, 0.717) is 17.5 Å². The largest absolute Gasteiger partial charge is 0.494 e. The van der Waals surface area contributed by atoms with E-state index in [0.717, 1.165) is 0 Å². The normalized spacial score (nSPS) is 15.9. The zero-order valence-electron chi connectivity index (χ0n) is 15.3. The Morgan fingerprint density at radius 3 is 2.89 bits per heavy atom. The number of anilines is 1. The summed E-state index contributed by atoms with van der Waals surface area (Å²) in [7, 11) is 1.40. The lowest BCUT2D eigenvalue weighted by Crippen LogP contribution is -2.33. The van der Waals surface area contributed by atoms with Crippen LogP contribution in [-0.4, -0.2) is 49.6 Å². The number of pyridine rings is 1. The first-order valence-corrected chi connectivity index (χ1v) is 8.44. The number of hydrogen-bond acceptors (Lipinski definition) is 6. The molecule has 1 atom stereocenters. The number of amides is 2. The second kappa shape index (κ2) is 8.03. The molecule has 1 fully saturated rings. The van der Waals surface area contributed by atoms with Crippen LogP contribution < -0.4 is 15.0 Å². The topological polar surface area (TPSA) is 97.8 Å². The zero-order chi connectivity index (χ0) is 20.3. The summed E-state index contributed by atoms with van der Waals surface area (Å²) in [6, 6.07) is 5.71. The molecule has 1 saturated heterocycles. The van der Waals surface area contributed by atoms with Crippen molar-refractivity contribution in [2.24, 2.45) is 0 Å². The van der Waals surface area contributed by atoms with Crippen LogP contribution in [-0.2, 0) is 9.53 Å². The number of cyclic esters (lactones) is 1. The summed E-state index contributed by atoms with van der Waals surface area (Å²) < 4.78 is 25.1. The third-order valence-corrected chi connectivity index (χ3v) is 4.20. The summed E-state index contributed by atoms with van der Waals surface area (Å²) >= 11 is 0. The first-order chi connectivity index (χ1) is 13.4. The van der Waals surface area contributed by atoms with Gasteiger partial charge in [0.15, 0.2) is 6.29 Å². The molecule has 146 valence electrons. The van der Waals surface area contributed by atoms with E-state index in [-0.39, 0.29) is 36.0 Å². The lowest BCUT2D eigenvalue weighted by atomic mass is 10.1. The zero-order valence-corrected chi connectivity index (χ0v) is 15.3. The van der Waals surface area contributed by atoms with Crippen LogP contribution in [0.3, 0.4) is 0 Å². The molecule has 1 N–H and O–H groups in total. The number of halogens is 1. The molecule has 8 nitrogen and oxygen atoms in total. The molecule has 2 amide bonds. The summed E-state index contributed by atoms with van der Waals surface area (Å²) in [5.41, 5.74) is 1.03. The highest BCUT2D eigenvalue weighted by Gasteiger charge is 2.32. The average Bonchev–Trinajstić information content (AvgIpc) is 3.06. The average molecular weight is 387 g/mol. The van der Waals surface area contributed by atoms with E-state index in [9.17, 15) is 18.8 Å². The molecule has 1 aliphatic heterocycles. The number of carbonyl (C=O) groups excluding carboxylic acids is 3. The first kappa shape index (κ1) is 19.3. The number of aromatic nitrogens is 1. The lowest BCUT2D eigenvalue weighted by molar-refractivity contribution is -0.119. The fourth-order valence-electron chi connectivity index (χ4n) is 2.84. The number of hydrogen-bond donors (Lipinski definition) is 1. The van der Waals surface area contributed by atoms with Crippen LogP contribution in [0.1, 0.15) is 17.3 Å². The SMILES string of the molecule is COc1cc(C=O)cnc1-c1ccc(N2C[C@H](CNC(C)=O)OC2=O)cc1F. The van der Waals surface area contributed by atoms with Gasteiger partial charge in [-0.05, 0) is 24.3 Å². The van der Waals surface area contributed by atoms with E-state index in [2.05, 4.69) is 10.3 Å². The number of benzene rings is 1. The summed E-state index contributed by atoms with van der Waals surface area (Å²) in [4.78, 5) is 39.3. The molecular formula is C19H18FN3O5. The van der Waals surface area contributed by atoms with Crippen molar-refractivity contribution in [2.75, 3.05) is 25.1 Å². The Labute approximate surface area is 160 Å². The lowest BCUT2D eigenvalue weighted by Gasteiger charge is -2.15. The highest BCUT2D eigenvalue weighted by Crippen LogP contribution is 2.33. The molecule has 1 aromatic heterocycles. The van der Waals surface area contributed by atoms with Gasteiger partial charge in [-0.2, -0.15) is 0 Å². The van der Waals surface area contributed by atoms with Gasteiger partial charge >= 0.3 is 6.09 Å². The van der Waals surface area contributed by atoms with Crippen molar-refractivity contribution < 1.29 is 28.2 Å². The maximum Gasteiger partial charge on any atom is 0.414 e. The van der Waals surface area contributed by atoms with Gasteiger partial charge in [-0.3, -0.25) is 19.5 Å². The van der Waals surface area contributed by atoms with Crippen molar-refractivity contribution in [3.63, 3.8) is 0 Å². The fourth-order valence-corrected chi connectivity index (χ4v) is 2.84. The number of carbonyl (C=O) groups is 3. The Kier molecular flexibility index (Phi) is 5.53. The maximum atomic E-state index is 14.8. The van der Waals surface area contributed by atoms with Gasteiger partial charge in [-0.15, -0.1) is 0 Å². The molecule has 0 saturated carbocycles. The molecule has 28 heavy (non-hydrogen) atoms. The minimum absolute atomic E-state index is 0.167. The Balaban J connectivity index is 1.84. The van der Waals surface area contributed by atoms with E-state index in [1.807, 2.05) is 0 Å². The number of methoxy groups -OCH3 is 1. The van der Waals surface area contributed by atoms with Gasteiger partial charge in [0.05, 0.1) is 25.9 Å². The molecule has 0 unspecified atom stereocenters. The highest BCUT2D eigenvalue weighted by atomic mass is 19.1. The van der Waals surface area contributed by atoms with Gasteiger partial charge in [0.2, 0.25) is 5.91 Å². The second-order valence-electron chi connectivity index (χ2n) is 6.15. The van der Waals surface area contributed by atoms with Crippen LogP contribution >= 0.6 is 0 Å². The summed E-state index contributed by atoms with van der Waals surface area (Å²) in [5, 5.41) is 2.58. The molecule has 2 heterocycles. The van der Waals surface area contributed by atoms with Gasteiger partial charge in [-0.25, -0.2) is 9.18 Å². The van der Waals surface area contributed by atoms with Crippen molar-refractivity contribution in [1.29, 1.82) is 0 Å². The maximum absolute atomic E-state index is 14.8. The van der Waals surface area contributed by atoms with Crippen molar-refractivity contribution >= 4 is 24.0 Å². The third kappa shape index (κ3) is 3.93. The molecule has 0 radical (unpaired) electrons. The highest BCUT2D eigenvalue weighted by molar-refractivity contribution is 5.90. The van der Waals surface area contributed by atoms with E-state index in [1.54, 1.807) is 6.07 Å². The third-order valence-electron chi connectivity index (χ3n) is 4.20. The van der Waals surface area contributed by atoms with Crippen molar-refractivity contribution in [3.05, 3.63) is 41.8 Å². The van der Waals surface area contributed by atoms with Gasteiger partial charge < -0.3 is 14.8 Å². The Morgan fingerprint density at radius 2 is 2.25 bits per heavy atom. The van der Waals surface area contributed by atoms with E-state index < -0.39 is 18.0 Å². The second-order valence-corrected chi connectivity index (χ2v) is 6.15. The number of nitrogens with one attached hydrogen (secondary N) is 1. The van der Waals surface area contributed by atoms with Crippen LogP contribution in [0.4, 0.5) is 14.9 Å². The van der Waals surface area contributed by atoms with Crippen LogP contribution in [0, 0.1) is 5.82 Å². The molecule has 2 aromatic rings. The van der Waals surface area contributed by atoms with E-state index in [1.165, 1.54) is 43.3 Å². The van der Waals surface area contributed by atoms with Crippen LogP contribution in [0.5, 0.6) is 5.75 Å². The number of rotatable bonds is 6. The number of aldehydes is 1. The predicted molar refractivity (Wildman–Crippen MR) is 97.9 cm³/mol. The van der Waals surface area contributed by atoms with Crippen LogP contribution in [0.2, 0.25) is 0 Å². The standard InChI is InChI=1S/C19H18FN3O5/c1-11(25)21-8-14-9-23(19(26)28-14)13-3-4-15(16(20)6-13)18-17(27-2)5-12(10-24)7-22-18/h3-7,10,14H,8-9H2,1-2H3,(H,21,25)/t14-/m0/s1. The first-order valence-electron chi connectivity index (χ1n) is 8.44. The monoisotopic (exact) mass is 387 g/mol. The van der Waals surface area contributed by atoms with Gasteiger partial charge in [0, 0.05) is 24.2 Å². The van der Waals surface area contributed by atoms with Crippen molar-refractivity contribution in [1.82, 2.24) is 10.3 Å². The Morgan fingerprint density at radius 1 is 1.46 bits per heavy atom. The Hall–Kier alpha value is -3.49. The van der Waals surface area contributed by atoms with E-state index in [4.69, 9.17) is 9.47 Å². The molecular weight excluding hydrogens is 369 g/mol. The molecule has 1 aliphatic rings. The summed E-state index contributed by atoms with van der Waals surface area (Å²) in [6.07, 6.45) is 0.808. The van der Waals surface area contributed by atoms with Crippen molar-refractivity contribution in [2.45, 2.75) is 13.0 Å². The van der Waals surface area contributed by atoms with E-state index >= 15 is 0 Å². The van der Waals surface area contributed by atoms with Crippen molar-refractivity contribution in [3.8, 4) is 17.0 Å². The summed E-state index contributed by atoms with van der Waals surface area (Å²) in [6.45, 7) is 1.74. The van der Waals surface area contributed by atoms with Gasteiger partial charge in [-0.1, -0.05) is 0 Å². The number of nitrogens with zero attached hydrogens (tertiary/aromatic N) is 2. The molecule has 1 aromatic carbocycles. The van der Waals surface area contributed by atoms with Gasteiger partial charge in [0.1, 0.15) is 23.4 Å². The molecule has 0 spiro atoms. The minimum atomic E-state index is -0.617. The van der Waals surface area contributed by atoms with Crippen LogP contribution in [0.15, 0.2) is 30.5 Å². The molecule has 0 aliphatic carbocycles. The smallest absolute Gasteiger partial charge is 0.414 e. The van der Waals surface area contributed by atoms with Gasteiger partial charge in [0.25, 0.3) is 0 Å². The molecule has 0 bridgehead atoms. The quantitative estimate of drug-likeness (QED) is 0.763. The predicted octanol–water partition coefficient (Wildman–Crippen LogP) is 2.17. The molecule has 9 heteroatoms. The molecule has 3 rings (SSSR count).